The van der Waals surface area contributed by atoms with Crippen LogP contribution in [0.1, 0.15) is 120 Å². The summed E-state index contributed by atoms with van der Waals surface area (Å²) in [4.78, 5) is 4.73. The first-order chi connectivity index (χ1) is 38.0. The highest BCUT2D eigenvalue weighted by Gasteiger charge is 2.38. The smallest absolute Gasteiger partial charge is 0.0462 e. The first-order valence-electron chi connectivity index (χ1n) is 27.9. The largest absolute Gasteiger partial charge is 0.311 e. The van der Waals surface area contributed by atoms with Crippen LogP contribution in [0.15, 0.2) is 243 Å². The number of hydrogen-bond acceptors (Lipinski definition) is 2. The summed E-state index contributed by atoms with van der Waals surface area (Å²) in [6, 6.07) is 89.7. The molecule has 0 saturated heterocycles. The highest BCUT2D eigenvalue weighted by atomic mass is 15.1. The van der Waals surface area contributed by atoms with Crippen LogP contribution in [-0.2, 0) is 10.8 Å². The third kappa shape index (κ3) is 10.4. The lowest BCUT2D eigenvalue weighted by atomic mass is 9.72. The van der Waals surface area contributed by atoms with Gasteiger partial charge in [0.05, 0.1) is 0 Å². The van der Waals surface area contributed by atoms with Gasteiger partial charge in [-0.2, -0.15) is 0 Å². The molecule has 10 aromatic rings. The number of hydrogen-bond donors (Lipinski definition) is 0. The fourth-order valence-corrected chi connectivity index (χ4v) is 11.7. The third-order valence-corrected chi connectivity index (χ3v) is 16.6. The van der Waals surface area contributed by atoms with Crippen LogP contribution in [0.25, 0.3) is 35.4 Å². The van der Waals surface area contributed by atoms with Gasteiger partial charge in [-0.05, 0) is 166 Å². The van der Waals surface area contributed by atoms with Gasteiger partial charge in [0.1, 0.15) is 0 Å². The molecule has 11 rings (SSSR count). The summed E-state index contributed by atoms with van der Waals surface area (Å²) in [5.41, 5.74) is 24.6. The second-order valence-corrected chi connectivity index (χ2v) is 22.0. The Morgan fingerprint density at radius 1 is 0.385 bits per heavy atom. The van der Waals surface area contributed by atoms with Crippen molar-refractivity contribution in [1.29, 1.82) is 0 Å². The molecule has 0 aromatic heterocycles. The van der Waals surface area contributed by atoms with Crippen molar-refractivity contribution in [3.8, 4) is 11.1 Å². The van der Waals surface area contributed by atoms with Gasteiger partial charge in [0.15, 0.2) is 0 Å². The van der Waals surface area contributed by atoms with Crippen LogP contribution in [0, 0.1) is 13.8 Å². The molecule has 0 fully saturated rings. The van der Waals surface area contributed by atoms with Gasteiger partial charge in [0.2, 0.25) is 0 Å². The lowest BCUT2D eigenvalue weighted by molar-refractivity contribution is 0.547. The standard InChI is InChI=1S/C76H70N2/c1-8-70(60-32-46-68(47-33-60)77(64-38-20-54(3)21-39-64)66-42-28-58(29-43-66)26-24-56-16-12-10-13-17-56)61-34-50-71-72-51-37-63(53-74(72)75(5,6)73(71)52-61)76(7,9-2)62-35-48-69(49-36-62)78(65-40-22-55(4)23-41-65)67-44-30-59(31-45-67)27-25-57-18-14-11-15-19-57/h10-53,70H,8-9H2,1-7H3/b26-24+,27-25+. The van der Waals surface area contributed by atoms with Crippen molar-refractivity contribution in [1.82, 2.24) is 0 Å². The zero-order chi connectivity index (χ0) is 53.8. The molecule has 2 nitrogen and oxygen atoms in total. The van der Waals surface area contributed by atoms with Gasteiger partial charge in [-0.15, -0.1) is 0 Å². The molecular weight excluding hydrogens is 941 g/mol. The highest BCUT2D eigenvalue weighted by Crippen LogP contribution is 2.52. The van der Waals surface area contributed by atoms with Crippen LogP contribution in [0.3, 0.4) is 0 Å². The molecule has 1 aliphatic rings. The van der Waals surface area contributed by atoms with Gasteiger partial charge >= 0.3 is 0 Å². The van der Waals surface area contributed by atoms with Gasteiger partial charge < -0.3 is 9.80 Å². The van der Waals surface area contributed by atoms with Crippen LogP contribution >= 0.6 is 0 Å². The van der Waals surface area contributed by atoms with Gasteiger partial charge in [0.25, 0.3) is 0 Å². The van der Waals surface area contributed by atoms with E-state index in [9.17, 15) is 0 Å². The average Bonchev–Trinajstić information content (AvgIpc) is 3.73. The molecule has 2 heteroatoms. The predicted octanol–water partition coefficient (Wildman–Crippen LogP) is 21.1. The number of nitrogens with zero attached hydrogens (tertiary/aromatic N) is 2. The summed E-state index contributed by atoms with van der Waals surface area (Å²) < 4.78 is 0. The first-order valence-corrected chi connectivity index (χ1v) is 27.9. The topological polar surface area (TPSA) is 6.48 Å². The van der Waals surface area contributed by atoms with Crippen molar-refractivity contribution in [2.24, 2.45) is 0 Å². The van der Waals surface area contributed by atoms with E-state index >= 15 is 0 Å². The maximum Gasteiger partial charge on any atom is 0.0462 e. The Balaban J connectivity index is 0.842. The molecule has 0 N–H and O–H groups in total. The summed E-state index contributed by atoms with van der Waals surface area (Å²) in [5, 5.41) is 0. The number of benzene rings is 10. The Hall–Kier alpha value is -8.72. The van der Waals surface area contributed by atoms with Gasteiger partial charge in [-0.1, -0.05) is 240 Å². The highest BCUT2D eigenvalue weighted by molar-refractivity contribution is 5.83. The molecule has 0 bridgehead atoms. The van der Waals surface area contributed by atoms with Crippen molar-refractivity contribution < 1.29 is 0 Å². The SMILES string of the molecule is CCC(c1ccc(N(c2ccc(C)cc2)c2ccc(/C=C/c3ccccc3)cc2)cc1)c1ccc2c(c1)C(C)(C)c1cc(C(C)(CC)c3ccc(N(c4ccc(C)cc4)c4ccc(/C=C/c5ccccc5)cc4)cc3)ccc1-2. The molecule has 78 heavy (non-hydrogen) atoms. The Kier molecular flexibility index (Phi) is 14.6. The predicted molar refractivity (Wildman–Crippen MR) is 335 cm³/mol. The van der Waals surface area contributed by atoms with Crippen LogP contribution in [0.4, 0.5) is 34.1 Å². The monoisotopic (exact) mass is 1010 g/mol. The second-order valence-electron chi connectivity index (χ2n) is 22.0. The lowest BCUT2D eigenvalue weighted by Crippen LogP contribution is -2.24. The molecule has 0 spiro atoms. The average molecular weight is 1010 g/mol. The van der Waals surface area contributed by atoms with E-state index in [2.05, 4.69) is 325 Å². The van der Waals surface area contributed by atoms with E-state index < -0.39 is 0 Å². The van der Waals surface area contributed by atoms with Crippen LogP contribution in [-0.4, -0.2) is 0 Å². The van der Waals surface area contributed by atoms with Crippen LogP contribution in [0.2, 0.25) is 0 Å². The van der Waals surface area contributed by atoms with Crippen molar-refractivity contribution >= 4 is 58.4 Å². The van der Waals surface area contributed by atoms with Gasteiger partial charge in [-0.25, -0.2) is 0 Å². The number of fused-ring (bicyclic) bond motifs is 3. The molecule has 0 amide bonds. The van der Waals surface area contributed by atoms with Crippen molar-refractivity contribution in [2.75, 3.05) is 9.80 Å². The number of aryl methyl sites for hydroxylation is 2. The minimum atomic E-state index is -0.192. The van der Waals surface area contributed by atoms with Crippen LogP contribution in [0.5, 0.6) is 0 Å². The zero-order valence-corrected chi connectivity index (χ0v) is 46.3. The van der Waals surface area contributed by atoms with E-state index in [1.54, 1.807) is 0 Å². The van der Waals surface area contributed by atoms with Crippen molar-refractivity contribution in [3.05, 3.63) is 309 Å². The van der Waals surface area contributed by atoms with Crippen molar-refractivity contribution in [2.45, 2.75) is 78.1 Å². The lowest BCUT2D eigenvalue weighted by Gasteiger charge is -2.32. The molecule has 0 aliphatic heterocycles. The third-order valence-electron chi connectivity index (χ3n) is 16.6. The minimum absolute atomic E-state index is 0.166. The normalized spacial score (nSPS) is 13.7. The summed E-state index contributed by atoms with van der Waals surface area (Å²) in [7, 11) is 0. The molecule has 384 valence electrons. The van der Waals surface area contributed by atoms with Gasteiger partial charge in [-0.3, -0.25) is 0 Å². The second kappa shape index (κ2) is 22.1. The van der Waals surface area contributed by atoms with E-state index in [0.717, 1.165) is 47.0 Å². The molecule has 10 aromatic carbocycles. The number of rotatable bonds is 16. The minimum Gasteiger partial charge on any atom is -0.311 e. The molecule has 0 heterocycles. The summed E-state index contributed by atoms with van der Waals surface area (Å²) in [6.07, 6.45) is 10.7. The van der Waals surface area contributed by atoms with E-state index in [4.69, 9.17) is 0 Å². The fraction of sp³-hybridized carbons (Fsp3) is 0.158. The summed E-state index contributed by atoms with van der Waals surface area (Å²) in [6.45, 7) is 16.2. The summed E-state index contributed by atoms with van der Waals surface area (Å²) in [5.74, 6) is 0.262. The van der Waals surface area contributed by atoms with Crippen molar-refractivity contribution in [3.63, 3.8) is 0 Å². The molecular formula is C76H70N2. The van der Waals surface area contributed by atoms with E-state index in [1.165, 1.54) is 77.9 Å². The molecule has 0 radical (unpaired) electrons. The Bertz CT molecular complexity index is 3700. The molecule has 2 atom stereocenters. The zero-order valence-electron chi connectivity index (χ0n) is 46.3. The maximum atomic E-state index is 2.53. The Labute approximate surface area is 464 Å². The molecule has 0 saturated carbocycles. The first kappa shape index (κ1) is 51.4. The Morgan fingerprint density at radius 2 is 0.731 bits per heavy atom. The van der Waals surface area contributed by atoms with Gasteiger partial charge in [0, 0.05) is 50.9 Å². The Morgan fingerprint density at radius 3 is 1.15 bits per heavy atom. The quantitative estimate of drug-likeness (QED) is 0.0890. The molecule has 1 aliphatic carbocycles. The summed E-state index contributed by atoms with van der Waals surface area (Å²) >= 11 is 0. The maximum absolute atomic E-state index is 2.53. The van der Waals surface area contributed by atoms with E-state index in [1.807, 2.05) is 0 Å². The fourth-order valence-electron chi connectivity index (χ4n) is 11.7. The van der Waals surface area contributed by atoms with E-state index in [0.29, 0.717) is 0 Å². The van der Waals surface area contributed by atoms with Crippen LogP contribution < -0.4 is 9.80 Å². The number of anilines is 6. The molecule has 2 unspecified atom stereocenters. The van der Waals surface area contributed by atoms with E-state index in [-0.39, 0.29) is 16.7 Å².